The maximum Gasteiger partial charge on any atom is 0.263 e. The molecule has 0 saturated carbocycles. The van der Waals surface area contributed by atoms with Gasteiger partial charge in [0, 0.05) is 11.8 Å². The molecule has 0 radical (unpaired) electrons. The van der Waals surface area contributed by atoms with Gasteiger partial charge in [-0.1, -0.05) is 35.9 Å². The Hall–Kier alpha value is -4.19. The number of benzene rings is 3. The summed E-state index contributed by atoms with van der Waals surface area (Å²) in [5.74, 6) is 0.115. The second-order valence-electron chi connectivity index (χ2n) is 9.68. The zero-order valence-electron chi connectivity index (χ0n) is 22.4. The highest BCUT2D eigenvalue weighted by atomic mass is 35.5. The normalized spacial score (nSPS) is 11.7. The molecule has 0 fully saturated rings. The Kier molecular flexibility index (Phi) is 8.01. The monoisotopic (exact) mass is 580 g/mol. The minimum atomic E-state index is -4.18. The van der Waals surface area contributed by atoms with Gasteiger partial charge in [-0.2, -0.15) is 0 Å². The quantitative estimate of drug-likeness (QED) is 0.201. The number of sulfonamides is 1. The van der Waals surface area contributed by atoms with Crippen molar-refractivity contribution in [1.82, 2.24) is 9.97 Å². The van der Waals surface area contributed by atoms with Crippen LogP contribution in [0.15, 0.2) is 72.1 Å². The molecule has 5 N–H and O–H groups in total. The lowest BCUT2D eigenvalue weighted by Crippen LogP contribution is -2.45. The first-order valence-electron chi connectivity index (χ1n) is 12.1. The van der Waals surface area contributed by atoms with Crippen LogP contribution in [0, 0.1) is 0 Å². The number of anilines is 4. The van der Waals surface area contributed by atoms with Crippen LogP contribution < -0.4 is 25.8 Å². The van der Waals surface area contributed by atoms with E-state index in [9.17, 15) is 13.2 Å². The smallest absolute Gasteiger partial charge is 0.263 e. The number of ether oxygens (including phenoxy) is 1. The van der Waals surface area contributed by atoms with Gasteiger partial charge in [-0.3, -0.25) is 9.52 Å². The number of aromatic nitrogens is 2. The van der Waals surface area contributed by atoms with E-state index in [1.165, 1.54) is 25.3 Å². The summed E-state index contributed by atoms with van der Waals surface area (Å²) >= 11 is 6.40. The summed E-state index contributed by atoms with van der Waals surface area (Å²) in [5.41, 5.74) is 8.06. The number of rotatable bonds is 9. The van der Waals surface area contributed by atoms with E-state index in [-0.39, 0.29) is 22.2 Å². The number of nitrogens with one attached hydrogen (secondary N) is 3. The minimum absolute atomic E-state index is 0.0630. The summed E-state index contributed by atoms with van der Waals surface area (Å²) in [6.45, 7) is 8.94. The SMILES string of the molecule is C=C(C)c1ccc2nc(NS(=O)(=O)c3cccc(NC(=O)C(C)(C)N)c3)c(Nc3cc(OC)ccc3Cl)nc2c1. The van der Waals surface area contributed by atoms with E-state index in [1.807, 2.05) is 19.1 Å². The van der Waals surface area contributed by atoms with Gasteiger partial charge in [-0.05, 0) is 68.8 Å². The van der Waals surface area contributed by atoms with Crippen molar-refractivity contribution in [3.63, 3.8) is 0 Å². The Bertz CT molecular complexity index is 1740. The Balaban J connectivity index is 1.77. The van der Waals surface area contributed by atoms with Crippen LogP contribution in [0.25, 0.3) is 16.6 Å². The van der Waals surface area contributed by atoms with E-state index >= 15 is 0 Å². The zero-order chi connectivity index (χ0) is 29.2. The van der Waals surface area contributed by atoms with Crippen molar-refractivity contribution in [2.75, 3.05) is 22.5 Å². The van der Waals surface area contributed by atoms with Gasteiger partial charge in [0.1, 0.15) is 5.75 Å². The molecule has 10 nitrogen and oxygen atoms in total. The van der Waals surface area contributed by atoms with Gasteiger partial charge < -0.3 is 21.1 Å². The van der Waals surface area contributed by atoms with Gasteiger partial charge in [-0.15, -0.1) is 0 Å². The number of hydrogen-bond acceptors (Lipinski definition) is 8. The van der Waals surface area contributed by atoms with Crippen LogP contribution in [0.4, 0.5) is 23.0 Å². The molecule has 0 aliphatic heterocycles. The number of fused-ring (bicyclic) bond motifs is 1. The summed E-state index contributed by atoms with van der Waals surface area (Å²) < 4.78 is 34.8. The number of carbonyl (C=O) groups excluding carboxylic acids is 1. The summed E-state index contributed by atoms with van der Waals surface area (Å²) in [6, 6.07) is 16.2. The van der Waals surface area contributed by atoms with Crippen molar-refractivity contribution in [2.45, 2.75) is 31.2 Å². The second-order valence-corrected chi connectivity index (χ2v) is 11.8. The summed E-state index contributed by atoms with van der Waals surface area (Å²) in [7, 11) is -2.66. The average molecular weight is 581 g/mol. The molecule has 0 spiro atoms. The topological polar surface area (TPSA) is 148 Å². The first-order valence-corrected chi connectivity index (χ1v) is 13.9. The molecule has 12 heteroatoms. The number of allylic oxidation sites excluding steroid dienone is 1. The molecular weight excluding hydrogens is 552 g/mol. The molecule has 1 heterocycles. The third-order valence-electron chi connectivity index (χ3n) is 5.80. The Labute approximate surface area is 237 Å². The van der Waals surface area contributed by atoms with Crippen LogP contribution in [0.2, 0.25) is 5.02 Å². The Morgan fingerprint density at radius 1 is 1.02 bits per heavy atom. The Morgan fingerprint density at radius 3 is 2.42 bits per heavy atom. The molecule has 208 valence electrons. The Morgan fingerprint density at radius 2 is 1.75 bits per heavy atom. The molecule has 3 aromatic carbocycles. The fourth-order valence-electron chi connectivity index (χ4n) is 3.55. The van der Waals surface area contributed by atoms with E-state index in [0.717, 1.165) is 11.1 Å². The minimum Gasteiger partial charge on any atom is -0.497 e. The maximum absolute atomic E-state index is 13.5. The summed E-state index contributed by atoms with van der Waals surface area (Å²) in [4.78, 5) is 21.4. The fourth-order valence-corrected chi connectivity index (χ4v) is 4.77. The number of methoxy groups -OCH3 is 1. The van der Waals surface area contributed by atoms with Crippen LogP contribution >= 0.6 is 11.6 Å². The van der Waals surface area contributed by atoms with Gasteiger partial charge in [0.15, 0.2) is 11.6 Å². The maximum atomic E-state index is 13.5. The van der Waals surface area contributed by atoms with Crippen LogP contribution in [0.3, 0.4) is 0 Å². The van der Waals surface area contributed by atoms with Crippen LogP contribution in [0.1, 0.15) is 26.3 Å². The van der Waals surface area contributed by atoms with E-state index in [0.29, 0.717) is 27.5 Å². The highest BCUT2D eigenvalue weighted by molar-refractivity contribution is 7.92. The standard InChI is InChI=1S/C28H29ClN6O4S/c1-16(2)17-9-12-22-24(13-17)34-25(33-23-15-19(39-5)10-11-21(23)29)26(32-22)35-40(37,38)20-8-6-7-18(14-20)31-27(36)28(3,4)30/h6-15H,1,30H2,2-5H3,(H,31,36)(H,32,35)(H,33,34). The molecule has 0 aliphatic rings. The fraction of sp³-hybridized carbons (Fsp3) is 0.179. The average Bonchev–Trinajstić information content (AvgIpc) is 2.89. The first-order chi connectivity index (χ1) is 18.8. The van der Waals surface area contributed by atoms with E-state index in [2.05, 4.69) is 31.9 Å². The molecule has 0 unspecified atom stereocenters. The molecule has 1 amide bonds. The number of halogens is 1. The van der Waals surface area contributed by atoms with Crippen molar-refractivity contribution in [3.8, 4) is 5.75 Å². The lowest BCUT2D eigenvalue weighted by atomic mass is 10.1. The molecule has 4 rings (SSSR count). The van der Waals surface area contributed by atoms with Gasteiger partial charge in [0.25, 0.3) is 10.0 Å². The van der Waals surface area contributed by atoms with E-state index in [1.54, 1.807) is 44.2 Å². The highest BCUT2D eigenvalue weighted by Crippen LogP contribution is 2.33. The van der Waals surface area contributed by atoms with Crippen LogP contribution in [0.5, 0.6) is 5.75 Å². The number of nitrogens with two attached hydrogens (primary N) is 1. The molecule has 0 saturated heterocycles. The molecular formula is C28H29ClN6O4S. The lowest BCUT2D eigenvalue weighted by molar-refractivity contribution is -0.120. The van der Waals surface area contributed by atoms with Gasteiger partial charge in [-0.25, -0.2) is 18.4 Å². The van der Waals surface area contributed by atoms with Gasteiger partial charge >= 0.3 is 0 Å². The number of nitrogens with zero attached hydrogens (tertiary/aromatic N) is 2. The van der Waals surface area contributed by atoms with Crippen molar-refractivity contribution in [3.05, 3.63) is 77.8 Å². The molecule has 40 heavy (non-hydrogen) atoms. The van der Waals surface area contributed by atoms with Crippen molar-refractivity contribution in [1.29, 1.82) is 0 Å². The van der Waals surface area contributed by atoms with Crippen molar-refractivity contribution < 1.29 is 17.9 Å². The van der Waals surface area contributed by atoms with E-state index in [4.69, 9.17) is 22.1 Å². The molecule has 1 aromatic heterocycles. The van der Waals surface area contributed by atoms with Crippen molar-refractivity contribution >= 4 is 67.1 Å². The molecule has 0 bridgehead atoms. The number of hydrogen-bond donors (Lipinski definition) is 4. The largest absolute Gasteiger partial charge is 0.497 e. The van der Waals surface area contributed by atoms with Gasteiger partial charge in [0.2, 0.25) is 5.91 Å². The molecule has 0 aliphatic carbocycles. The molecule has 0 atom stereocenters. The molecule has 4 aromatic rings. The second kappa shape index (κ2) is 11.1. The highest BCUT2D eigenvalue weighted by Gasteiger charge is 2.24. The van der Waals surface area contributed by atoms with E-state index < -0.39 is 21.5 Å². The van der Waals surface area contributed by atoms with Crippen molar-refractivity contribution in [2.24, 2.45) is 5.73 Å². The predicted octanol–water partition coefficient (Wildman–Crippen LogP) is 5.55. The van der Waals surface area contributed by atoms with Gasteiger partial charge in [0.05, 0.1) is 39.3 Å². The third-order valence-corrected chi connectivity index (χ3v) is 7.47. The third kappa shape index (κ3) is 6.50. The number of amides is 1. The van der Waals surface area contributed by atoms with Crippen LogP contribution in [-0.4, -0.2) is 36.9 Å². The van der Waals surface area contributed by atoms with Crippen LogP contribution in [-0.2, 0) is 14.8 Å². The predicted molar refractivity (Wildman–Crippen MR) is 160 cm³/mol. The lowest BCUT2D eigenvalue weighted by Gasteiger charge is -2.18. The summed E-state index contributed by atoms with van der Waals surface area (Å²) in [5, 5.41) is 6.07. The summed E-state index contributed by atoms with van der Waals surface area (Å²) in [6.07, 6.45) is 0. The first kappa shape index (κ1) is 28.8. The number of carbonyl (C=O) groups is 1. The zero-order valence-corrected chi connectivity index (χ0v) is 23.9.